The molecule has 0 aromatic rings. The van der Waals surface area contributed by atoms with Crippen molar-refractivity contribution in [1.29, 1.82) is 0 Å². The number of carbonyl (C=O) groups is 1. The van der Waals surface area contributed by atoms with Crippen LogP contribution in [0.2, 0.25) is 0 Å². The van der Waals surface area contributed by atoms with Crippen LogP contribution in [0.4, 0.5) is 0 Å². The Balaban J connectivity index is 1.73. The maximum absolute atomic E-state index is 11.8. The van der Waals surface area contributed by atoms with Gasteiger partial charge in [-0.15, -0.1) is 0 Å². The first-order chi connectivity index (χ1) is 7.81. The van der Waals surface area contributed by atoms with E-state index in [0.29, 0.717) is 12.0 Å². The lowest BCUT2D eigenvalue weighted by molar-refractivity contribution is -0.124. The monoisotopic (exact) mass is 238 g/mol. The summed E-state index contributed by atoms with van der Waals surface area (Å²) in [6.45, 7) is 11.2. The van der Waals surface area contributed by atoms with Gasteiger partial charge in [-0.2, -0.15) is 0 Å². The summed E-state index contributed by atoms with van der Waals surface area (Å²) >= 11 is 0. The predicted molar refractivity (Wildman–Crippen MR) is 69.8 cm³/mol. The van der Waals surface area contributed by atoms with Crippen molar-refractivity contribution in [3.05, 3.63) is 0 Å². The zero-order chi connectivity index (χ0) is 12.7. The number of piperidine rings is 1. The lowest BCUT2D eigenvalue weighted by Gasteiger charge is -2.33. The number of rotatable bonds is 2. The molecule has 1 spiro atoms. The summed E-state index contributed by atoms with van der Waals surface area (Å²) in [6, 6.07) is 0. The summed E-state index contributed by atoms with van der Waals surface area (Å²) in [7, 11) is 0. The molecule has 1 N–H and O–H groups in total. The molecule has 0 radical (unpaired) electrons. The third-order valence-electron chi connectivity index (χ3n) is 4.33. The highest BCUT2D eigenvalue weighted by atomic mass is 16.2. The second-order valence-corrected chi connectivity index (χ2v) is 7.04. The van der Waals surface area contributed by atoms with Gasteiger partial charge in [-0.1, -0.05) is 6.92 Å². The SMILES string of the molecule is CC1CC12CCN(CC(=O)NC(C)(C)C)CC2. The van der Waals surface area contributed by atoms with Crippen molar-refractivity contribution in [3.8, 4) is 0 Å². The van der Waals surface area contributed by atoms with Gasteiger partial charge in [-0.3, -0.25) is 9.69 Å². The second kappa shape index (κ2) is 4.27. The molecule has 3 nitrogen and oxygen atoms in total. The van der Waals surface area contributed by atoms with E-state index in [0.717, 1.165) is 19.0 Å². The molecule has 1 aliphatic heterocycles. The van der Waals surface area contributed by atoms with Gasteiger partial charge >= 0.3 is 0 Å². The van der Waals surface area contributed by atoms with Crippen LogP contribution in [0.1, 0.15) is 47.0 Å². The van der Waals surface area contributed by atoms with Gasteiger partial charge in [0.1, 0.15) is 0 Å². The van der Waals surface area contributed by atoms with E-state index < -0.39 is 0 Å². The lowest BCUT2D eigenvalue weighted by atomic mass is 9.91. The van der Waals surface area contributed by atoms with E-state index in [2.05, 4.69) is 17.1 Å². The fourth-order valence-corrected chi connectivity index (χ4v) is 3.07. The minimum absolute atomic E-state index is 0.112. The molecule has 1 saturated heterocycles. The predicted octanol–water partition coefficient (Wildman–Crippen LogP) is 2.02. The van der Waals surface area contributed by atoms with Crippen LogP contribution in [0.5, 0.6) is 0 Å². The van der Waals surface area contributed by atoms with Crippen molar-refractivity contribution >= 4 is 5.91 Å². The zero-order valence-corrected chi connectivity index (χ0v) is 11.7. The minimum atomic E-state index is -0.112. The maximum Gasteiger partial charge on any atom is 0.234 e. The molecule has 2 fully saturated rings. The molecule has 1 unspecified atom stereocenters. The van der Waals surface area contributed by atoms with Crippen LogP contribution < -0.4 is 5.32 Å². The van der Waals surface area contributed by atoms with E-state index in [-0.39, 0.29) is 11.4 Å². The molecule has 0 aromatic heterocycles. The molecule has 0 bridgehead atoms. The largest absolute Gasteiger partial charge is 0.350 e. The van der Waals surface area contributed by atoms with Crippen LogP contribution in [0, 0.1) is 11.3 Å². The van der Waals surface area contributed by atoms with Crippen molar-refractivity contribution in [1.82, 2.24) is 10.2 Å². The Labute approximate surface area is 105 Å². The average Bonchev–Trinajstić information content (AvgIpc) is 2.78. The van der Waals surface area contributed by atoms with Gasteiger partial charge in [0.25, 0.3) is 0 Å². The van der Waals surface area contributed by atoms with Crippen molar-refractivity contribution in [2.24, 2.45) is 11.3 Å². The fraction of sp³-hybridized carbons (Fsp3) is 0.929. The van der Waals surface area contributed by atoms with Crippen LogP contribution >= 0.6 is 0 Å². The molecule has 98 valence electrons. The number of nitrogens with zero attached hydrogens (tertiary/aromatic N) is 1. The van der Waals surface area contributed by atoms with Gasteiger partial charge in [-0.25, -0.2) is 0 Å². The van der Waals surface area contributed by atoms with Crippen LogP contribution in [0.3, 0.4) is 0 Å². The quantitative estimate of drug-likeness (QED) is 0.798. The number of hydrogen-bond acceptors (Lipinski definition) is 2. The van der Waals surface area contributed by atoms with Gasteiger partial charge in [0.05, 0.1) is 6.54 Å². The van der Waals surface area contributed by atoms with E-state index in [4.69, 9.17) is 0 Å². The highest BCUT2D eigenvalue weighted by molar-refractivity contribution is 5.78. The third-order valence-corrected chi connectivity index (χ3v) is 4.33. The summed E-state index contributed by atoms with van der Waals surface area (Å²) in [6.07, 6.45) is 3.99. The highest BCUT2D eigenvalue weighted by Gasteiger charge is 2.51. The van der Waals surface area contributed by atoms with Crippen molar-refractivity contribution in [3.63, 3.8) is 0 Å². The summed E-state index contributed by atoms with van der Waals surface area (Å²) < 4.78 is 0. The molecule has 3 heteroatoms. The molecule has 1 amide bonds. The van der Waals surface area contributed by atoms with Crippen molar-refractivity contribution in [2.75, 3.05) is 19.6 Å². The second-order valence-electron chi connectivity index (χ2n) is 7.04. The van der Waals surface area contributed by atoms with Crippen LogP contribution in [-0.4, -0.2) is 36.0 Å². The zero-order valence-electron chi connectivity index (χ0n) is 11.7. The van der Waals surface area contributed by atoms with Crippen LogP contribution in [-0.2, 0) is 4.79 Å². The number of carbonyl (C=O) groups excluding carboxylic acids is 1. The van der Waals surface area contributed by atoms with Gasteiger partial charge in [-0.05, 0) is 64.5 Å². The van der Waals surface area contributed by atoms with Gasteiger partial charge in [0, 0.05) is 5.54 Å². The standard InChI is InChI=1S/C14H26N2O/c1-11-9-14(11)5-7-16(8-6-14)10-12(17)15-13(2,3)4/h11H,5-10H2,1-4H3,(H,15,17). The third kappa shape index (κ3) is 3.21. The van der Waals surface area contributed by atoms with E-state index >= 15 is 0 Å². The van der Waals surface area contributed by atoms with E-state index in [1.807, 2.05) is 20.8 Å². The van der Waals surface area contributed by atoms with Gasteiger partial charge < -0.3 is 5.32 Å². The molecule has 1 heterocycles. The number of amides is 1. The topological polar surface area (TPSA) is 32.3 Å². The van der Waals surface area contributed by atoms with Crippen molar-refractivity contribution < 1.29 is 4.79 Å². The first kappa shape index (κ1) is 12.9. The number of likely N-dealkylation sites (tertiary alicyclic amines) is 1. The maximum atomic E-state index is 11.8. The Morgan fingerprint density at radius 2 is 1.88 bits per heavy atom. The molecule has 2 rings (SSSR count). The summed E-state index contributed by atoms with van der Waals surface area (Å²) in [4.78, 5) is 14.1. The molecular formula is C14H26N2O. The molecule has 1 atom stereocenters. The number of nitrogens with one attached hydrogen (secondary N) is 1. The van der Waals surface area contributed by atoms with Gasteiger partial charge in [0.2, 0.25) is 5.91 Å². The van der Waals surface area contributed by atoms with E-state index in [9.17, 15) is 4.79 Å². The Kier molecular flexibility index (Phi) is 3.23. The first-order valence-electron chi connectivity index (χ1n) is 6.84. The molecule has 1 saturated carbocycles. The fourth-order valence-electron chi connectivity index (χ4n) is 3.07. The number of hydrogen-bond donors (Lipinski definition) is 1. The summed E-state index contributed by atoms with van der Waals surface area (Å²) in [5.41, 5.74) is 0.552. The molecule has 2 aliphatic rings. The molecule has 17 heavy (non-hydrogen) atoms. The first-order valence-corrected chi connectivity index (χ1v) is 6.84. The Morgan fingerprint density at radius 1 is 1.35 bits per heavy atom. The average molecular weight is 238 g/mol. The molecule has 0 aromatic carbocycles. The highest BCUT2D eigenvalue weighted by Crippen LogP contribution is 2.58. The lowest BCUT2D eigenvalue weighted by Crippen LogP contribution is -2.47. The minimum Gasteiger partial charge on any atom is -0.350 e. The van der Waals surface area contributed by atoms with Gasteiger partial charge in [0.15, 0.2) is 0 Å². The normalized spacial score (nSPS) is 28.1. The molecule has 1 aliphatic carbocycles. The Morgan fingerprint density at radius 3 is 2.29 bits per heavy atom. The van der Waals surface area contributed by atoms with Crippen LogP contribution in [0.25, 0.3) is 0 Å². The molecular weight excluding hydrogens is 212 g/mol. The van der Waals surface area contributed by atoms with Crippen molar-refractivity contribution in [2.45, 2.75) is 52.5 Å². The van der Waals surface area contributed by atoms with E-state index in [1.165, 1.54) is 19.3 Å². The summed E-state index contributed by atoms with van der Waals surface area (Å²) in [5, 5.41) is 3.03. The van der Waals surface area contributed by atoms with E-state index in [1.54, 1.807) is 0 Å². The van der Waals surface area contributed by atoms with Crippen LogP contribution in [0.15, 0.2) is 0 Å². The smallest absolute Gasteiger partial charge is 0.234 e. The Hall–Kier alpha value is -0.570. The summed E-state index contributed by atoms with van der Waals surface area (Å²) in [5.74, 6) is 1.09. The Bertz CT molecular complexity index is 298.